The number of nitrogens with one attached hydrogen (secondary N) is 1. The molecule has 0 aliphatic carbocycles. The Kier molecular flexibility index (Phi) is 5.10. The van der Waals surface area contributed by atoms with Crippen LogP contribution in [0.4, 0.5) is 15.8 Å². The van der Waals surface area contributed by atoms with Crippen LogP contribution in [0.25, 0.3) is 0 Å². The van der Waals surface area contributed by atoms with Gasteiger partial charge >= 0.3 is 0 Å². The summed E-state index contributed by atoms with van der Waals surface area (Å²) in [5.41, 5.74) is 1.87. The van der Waals surface area contributed by atoms with Gasteiger partial charge in [-0.3, -0.25) is 14.5 Å². The number of nitrogens with zero attached hydrogens (tertiary/aromatic N) is 3. The molecule has 0 aromatic heterocycles. The second-order valence-electron chi connectivity index (χ2n) is 6.91. The molecule has 1 saturated heterocycles. The number of nitriles is 1. The highest BCUT2D eigenvalue weighted by atomic mass is 32.1. The molecule has 2 aliphatic heterocycles. The van der Waals surface area contributed by atoms with Gasteiger partial charge in [0.2, 0.25) is 5.91 Å². The van der Waals surface area contributed by atoms with Gasteiger partial charge in [-0.2, -0.15) is 5.26 Å². The fourth-order valence-corrected chi connectivity index (χ4v) is 4.04. The van der Waals surface area contributed by atoms with Gasteiger partial charge in [0, 0.05) is 31.1 Å². The zero-order valence-corrected chi connectivity index (χ0v) is 16.9. The van der Waals surface area contributed by atoms with E-state index < -0.39 is 5.82 Å². The number of ether oxygens (including phenoxy) is 1. The summed E-state index contributed by atoms with van der Waals surface area (Å²) in [6, 6.07) is 9.48. The highest BCUT2D eigenvalue weighted by molar-refractivity contribution is 7.81. The van der Waals surface area contributed by atoms with Gasteiger partial charge in [0.1, 0.15) is 11.6 Å². The summed E-state index contributed by atoms with van der Waals surface area (Å²) in [6.45, 7) is 0.597. The summed E-state index contributed by atoms with van der Waals surface area (Å²) >= 11 is 5.61. The lowest BCUT2D eigenvalue weighted by Gasteiger charge is -2.30. The molecule has 152 valence electrons. The minimum Gasteiger partial charge on any atom is -0.495 e. The van der Waals surface area contributed by atoms with Crippen LogP contribution in [0.2, 0.25) is 0 Å². The quantitative estimate of drug-likeness (QED) is 0.763. The van der Waals surface area contributed by atoms with Gasteiger partial charge < -0.3 is 15.0 Å². The van der Waals surface area contributed by atoms with E-state index in [4.69, 9.17) is 22.2 Å². The van der Waals surface area contributed by atoms with E-state index in [1.807, 2.05) is 6.07 Å². The SMILES string of the molecule is COc1cc(C#N)ccc1N1C(=O)CCCN(c2cc3c(cc2F)CNC3=O)C1=S. The molecule has 0 bridgehead atoms. The molecule has 2 heterocycles. The van der Waals surface area contributed by atoms with Crippen molar-refractivity contribution in [3.05, 3.63) is 52.8 Å². The van der Waals surface area contributed by atoms with E-state index in [0.29, 0.717) is 41.1 Å². The van der Waals surface area contributed by atoms with Crippen LogP contribution in [0.5, 0.6) is 5.75 Å². The number of fused-ring (bicyclic) bond motifs is 1. The molecule has 30 heavy (non-hydrogen) atoms. The Labute approximate surface area is 177 Å². The van der Waals surface area contributed by atoms with Crippen LogP contribution in [0.15, 0.2) is 30.3 Å². The maximum atomic E-state index is 14.9. The number of carbonyl (C=O) groups is 2. The molecule has 9 heteroatoms. The minimum atomic E-state index is -0.520. The largest absolute Gasteiger partial charge is 0.495 e. The lowest BCUT2D eigenvalue weighted by atomic mass is 10.1. The normalized spacial score (nSPS) is 16.1. The van der Waals surface area contributed by atoms with Gasteiger partial charge in [0.15, 0.2) is 5.11 Å². The number of anilines is 2. The number of thiocarbonyl (C=S) groups is 1. The van der Waals surface area contributed by atoms with Gasteiger partial charge in [-0.25, -0.2) is 4.39 Å². The molecule has 0 atom stereocenters. The van der Waals surface area contributed by atoms with E-state index in [0.717, 1.165) is 0 Å². The molecule has 2 aromatic carbocycles. The van der Waals surface area contributed by atoms with Crippen LogP contribution in [-0.4, -0.2) is 30.6 Å². The van der Waals surface area contributed by atoms with Gasteiger partial charge in [0.25, 0.3) is 5.91 Å². The molecular weight excluding hydrogens is 407 g/mol. The van der Waals surface area contributed by atoms with E-state index in [1.54, 1.807) is 12.1 Å². The monoisotopic (exact) mass is 424 g/mol. The second-order valence-corrected chi connectivity index (χ2v) is 7.27. The lowest BCUT2D eigenvalue weighted by Crippen LogP contribution is -2.44. The molecule has 2 amide bonds. The number of rotatable bonds is 3. The zero-order chi connectivity index (χ0) is 21.4. The number of methoxy groups -OCH3 is 1. The van der Waals surface area contributed by atoms with Gasteiger partial charge in [-0.05, 0) is 48.5 Å². The highest BCUT2D eigenvalue weighted by Gasteiger charge is 2.33. The molecule has 0 unspecified atom stereocenters. The number of hydrogen-bond acceptors (Lipinski definition) is 5. The molecule has 0 saturated carbocycles. The van der Waals surface area contributed by atoms with Crippen molar-refractivity contribution in [1.82, 2.24) is 5.32 Å². The van der Waals surface area contributed by atoms with Crippen LogP contribution in [0, 0.1) is 17.1 Å². The summed E-state index contributed by atoms with van der Waals surface area (Å²) in [5, 5.41) is 11.9. The van der Waals surface area contributed by atoms with Crippen molar-refractivity contribution < 1.29 is 18.7 Å². The zero-order valence-electron chi connectivity index (χ0n) is 16.1. The second kappa shape index (κ2) is 7.72. The Morgan fingerprint density at radius 3 is 2.77 bits per heavy atom. The van der Waals surface area contributed by atoms with Gasteiger partial charge in [-0.15, -0.1) is 0 Å². The number of benzene rings is 2. The van der Waals surface area contributed by atoms with Crippen LogP contribution >= 0.6 is 12.2 Å². The Hall–Kier alpha value is -3.51. The summed E-state index contributed by atoms with van der Waals surface area (Å²) in [6.07, 6.45) is 0.656. The molecule has 2 aliphatic rings. The smallest absolute Gasteiger partial charge is 0.251 e. The van der Waals surface area contributed by atoms with Crippen LogP contribution in [-0.2, 0) is 11.3 Å². The number of halogens is 1. The first-order valence-corrected chi connectivity index (χ1v) is 9.68. The molecule has 1 N–H and O–H groups in total. The summed E-state index contributed by atoms with van der Waals surface area (Å²) in [4.78, 5) is 27.8. The number of hydrogen-bond donors (Lipinski definition) is 1. The van der Waals surface area contributed by atoms with E-state index >= 15 is 0 Å². The first kappa shape index (κ1) is 19.8. The summed E-state index contributed by atoms with van der Waals surface area (Å²) in [7, 11) is 1.43. The van der Waals surface area contributed by atoms with Crippen molar-refractivity contribution in [1.29, 1.82) is 5.26 Å². The molecule has 4 rings (SSSR count). The maximum Gasteiger partial charge on any atom is 0.251 e. The van der Waals surface area contributed by atoms with Crippen molar-refractivity contribution in [2.24, 2.45) is 0 Å². The molecular formula is C21H17FN4O3S. The average molecular weight is 424 g/mol. The van der Waals surface area contributed by atoms with Crippen molar-refractivity contribution >= 4 is 40.5 Å². The Balaban J connectivity index is 1.79. The molecule has 0 spiro atoms. The number of amides is 2. The predicted octanol–water partition coefficient (Wildman–Crippen LogP) is 2.87. The third kappa shape index (κ3) is 3.25. The average Bonchev–Trinajstić information content (AvgIpc) is 3.02. The first-order valence-electron chi connectivity index (χ1n) is 9.27. The lowest BCUT2D eigenvalue weighted by molar-refractivity contribution is -0.117. The fourth-order valence-electron chi connectivity index (χ4n) is 3.65. The molecule has 7 nitrogen and oxygen atoms in total. The third-order valence-electron chi connectivity index (χ3n) is 5.14. The predicted molar refractivity (Wildman–Crippen MR) is 112 cm³/mol. The summed E-state index contributed by atoms with van der Waals surface area (Å²) in [5.74, 6) is -0.743. The van der Waals surface area contributed by atoms with Crippen LogP contribution in [0.1, 0.15) is 34.3 Å². The van der Waals surface area contributed by atoms with Crippen molar-refractivity contribution in [3.63, 3.8) is 0 Å². The van der Waals surface area contributed by atoms with Crippen LogP contribution in [0.3, 0.4) is 0 Å². The fraction of sp³-hybridized carbons (Fsp3) is 0.238. The van der Waals surface area contributed by atoms with E-state index in [1.165, 1.54) is 35.1 Å². The summed E-state index contributed by atoms with van der Waals surface area (Å²) < 4.78 is 20.3. The molecule has 1 fully saturated rings. The van der Waals surface area contributed by atoms with Crippen molar-refractivity contribution in [2.45, 2.75) is 19.4 Å². The van der Waals surface area contributed by atoms with Crippen molar-refractivity contribution in [3.8, 4) is 11.8 Å². The number of carbonyl (C=O) groups excluding carboxylic acids is 2. The molecule has 0 radical (unpaired) electrons. The van der Waals surface area contributed by atoms with Crippen molar-refractivity contribution in [2.75, 3.05) is 23.5 Å². The Morgan fingerprint density at radius 2 is 2.03 bits per heavy atom. The van der Waals surface area contributed by atoms with Gasteiger partial charge in [-0.1, -0.05) is 0 Å². The molecule has 2 aromatic rings. The van der Waals surface area contributed by atoms with Gasteiger partial charge in [0.05, 0.1) is 30.1 Å². The van der Waals surface area contributed by atoms with E-state index in [-0.39, 0.29) is 35.6 Å². The van der Waals surface area contributed by atoms with E-state index in [2.05, 4.69) is 5.32 Å². The Bertz CT molecular complexity index is 1130. The first-order chi connectivity index (χ1) is 14.4. The maximum absolute atomic E-state index is 14.9. The minimum absolute atomic E-state index is 0.0813. The standard InChI is InChI=1S/C21H17FN4O3S/c1-29-18-7-12(10-23)4-5-16(18)26-19(27)3-2-6-25(21(26)30)17-9-14-13(8-15(17)22)11-24-20(14)28/h4-5,7-9H,2-3,6,11H2,1H3,(H,24,28). The Morgan fingerprint density at radius 1 is 1.23 bits per heavy atom. The third-order valence-corrected chi connectivity index (χ3v) is 5.54. The van der Waals surface area contributed by atoms with E-state index in [9.17, 15) is 14.0 Å². The topological polar surface area (TPSA) is 85.7 Å². The highest BCUT2D eigenvalue weighted by Crippen LogP contribution is 2.34. The van der Waals surface area contributed by atoms with Crippen LogP contribution < -0.4 is 19.9 Å².